The van der Waals surface area contributed by atoms with Gasteiger partial charge >= 0.3 is 5.97 Å². The Morgan fingerprint density at radius 3 is 0.980 bits per heavy atom. The lowest BCUT2D eigenvalue weighted by Gasteiger charge is -2.09. The van der Waals surface area contributed by atoms with Crippen LogP contribution in [0.15, 0.2) is 24.3 Å². The lowest BCUT2D eigenvalue weighted by atomic mass is 10.3. The minimum atomic E-state index is -0.877. The molecule has 0 aliphatic heterocycles. The van der Waals surface area contributed by atoms with E-state index in [4.69, 9.17) is 61.9 Å². The highest BCUT2D eigenvalue weighted by atomic mass is 16.6. The summed E-state index contributed by atoms with van der Waals surface area (Å²) in [6.07, 6.45) is -0.00606. The monoisotopic (exact) mass is 707 g/mol. The number of hydrogen-bond acceptors (Lipinski definition) is 14. The number of carbonyl (C=O) groups is 2. The number of benzene rings is 1. The molecule has 0 aliphatic rings. The van der Waals surface area contributed by atoms with Gasteiger partial charge in [-0.2, -0.15) is 0 Å². The quantitative estimate of drug-likeness (QED) is 0.0949. The van der Waals surface area contributed by atoms with Crippen LogP contribution >= 0.6 is 0 Å². The number of anilines is 1. The number of hydrogen-bond donors (Lipinski definition) is 2. The number of amides is 1. The zero-order chi connectivity index (χ0) is 35.3. The van der Waals surface area contributed by atoms with Crippen LogP contribution in [0.1, 0.15) is 13.3 Å². The number of carbonyl (C=O) groups excluding carboxylic acids is 1. The first kappa shape index (κ1) is 44.5. The van der Waals surface area contributed by atoms with Gasteiger partial charge in [0.15, 0.2) is 0 Å². The number of carboxylic acid groups (broad SMARTS) is 1. The summed E-state index contributed by atoms with van der Waals surface area (Å²) in [5.41, 5.74) is 0.727. The predicted molar refractivity (Wildman–Crippen MR) is 178 cm³/mol. The van der Waals surface area contributed by atoms with Gasteiger partial charge in [0, 0.05) is 12.6 Å². The number of rotatable bonds is 38. The molecule has 0 aromatic heterocycles. The fraction of sp³-hybridized carbons (Fsp3) is 0.758. The minimum absolute atomic E-state index is 0.00606. The highest BCUT2D eigenvalue weighted by Gasteiger charge is 2.00. The first-order chi connectivity index (χ1) is 24.1. The summed E-state index contributed by atoms with van der Waals surface area (Å²) in [7, 11) is 0. The molecule has 0 heterocycles. The summed E-state index contributed by atoms with van der Waals surface area (Å²) in [6, 6.07) is 7.16. The number of nitrogens with one attached hydrogen (secondary N) is 1. The summed E-state index contributed by atoms with van der Waals surface area (Å²) in [6.45, 7) is 11.9. The summed E-state index contributed by atoms with van der Waals surface area (Å²) >= 11 is 0. The van der Waals surface area contributed by atoms with Crippen LogP contribution in [0.2, 0.25) is 0 Å². The van der Waals surface area contributed by atoms with E-state index in [0.717, 1.165) is 5.69 Å². The average Bonchev–Trinajstić information content (AvgIpc) is 3.08. The predicted octanol–water partition coefficient (Wildman–Crippen LogP) is 1.68. The second-order valence-corrected chi connectivity index (χ2v) is 9.93. The lowest BCUT2D eigenvalue weighted by molar-refractivity contribution is -0.138. The number of carboxylic acids is 1. The lowest BCUT2D eigenvalue weighted by Crippen LogP contribution is -2.15. The third kappa shape index (κ3) is 33.8. The third-order valence-electron chi connectivity index (χ3n) is 5.85. The van der Waals surface area contributed by atoms with Gasteiger partial charge in [-0.25, -0.2) is 0 Å². The Bertz CT molecular complexity index is 878. The van der Waals surface area contributed by atoms with Crippen molar-refractivity contribution >= 4 is 17.6 Å². The molecule has 2 N–H and O–H groups in total. The Balaban J connectivity index is 1.65. The SMILES string of the molecule is CC(=O)Nc1ccc(OCCOCCOCCOCCOCCOCCOCCOCCOCCOCCOCCOCCC(=O)O)cc1. The van der Waals surface area contributed by atoms with E-state index in [0.29, 0.717) is 151 Å². The van der Waals surface area contributed by atoms with Gasteiger partial charge in [0.25, 0.3) is 0 Å². The molecule has 1 rings (SSSR count). The van der Waals surface area contributed by atoms with Crippen LogP contribution in [0.3, 0.4) is 0 Å². The van der Waals surface area contributed by atoms with Crippen molar-refractivity contribution in [3.63, 3.8) is 0 Å². The number of ether oxygens (including phenoxy) is 12. The maximum Gasteiger partial charge on any atom is 0.305 e. The number of aliphatic carboxylic acids is 1. The second-order valence-electron chi connectivity index (χ2n) is 9.93. The standard InChI is InChI=1S/C33H57NO15/c1-30(35)34-31-2-4-32(5-3-31)49-29-28-48-27-26-47-25-24-46-23-22-45-21-20-44-19-18-43-17-16-42-15-14-41-13-12-40-11-10-39-9-8-38-7-6-33(36)37/h2-5H,6-29H2,1H3,(H,34,35)(H,36,37). The molecule has 1 aromatic rings. The van der Waals surface area contributed by atoms with Crippen LogP contribution in [0.4, 0.5) is 5.69 Å². The summed E-state index contributed by atoms with van der Waals surface area (Å²) in [5.74, 6) is -0.279. The molecule has 16 heteroatoms. The Labute approximate surface area is 289 Å². The molecule has 16 nitrogen and oxygen atoms in total. The first-order valence-electron chi connectivity index (χ1n) is 16.7. The van der Waals surface area contributed by atoms with Crippen LogP contribution < -0.4 is 10.1 Å². The molecule has 1 amide bonds. The van der Waals surface area contributed by atoms with E-state index in [-0.39, 0.29) is 18.9 Å². The van der Waals surface area contributed by atoms with Crippen molar-refractivity contribution in [2.45, 2.75) is 13.3 Å². The van der Waals surface area contributed by atoms with E-state index in [1.165, 1.54) is 6.92 Å². The molecular formula is C33H57NO15. The summed E-state index contributed by atoms with van der Waals surface area (Å²) < 4.78 is 65.1. The van der Waals surface area contributed by atoms with Gasteiger partial charge in [-0.3, -0.25) is 9.59 Å². The van der Waals surface area contributed by atoms with Crippen molar-refractivity contribution in [1.29, 1.82) is 0 Å². The molecular weight excluding hydrogens is 650 g/mol. The first-order valence-corrected chi connectivity index (χ1v) is 16.7. The third-order valence-corrected chi connectivity index (χ3v) is 5.85. The normalized spacial score (nSPS) is 11.2. The van der Waals surface area contributed by atoms with Gasteiger partial charge < -0.3 is 67.3 Å². The molecule has 0 aliphatic carbocycles. The summed E-state index contributed by atoms with van der Waals surface area (Å²) in [4.78, 5) is 21.4. The minimum Gasteiger partial charge on any atom is -0.491 e. The highest BCUT2D eigenvalue weighted by Crippen LogP contribution is 2.15. The molecule has 0 radical (unpaired) electrons. The van der Waals surface area contributed by atoms with E-state index in [1.807, 2.05) is 0 Å². The van der Waals surface area contributed by atoms with E-state index >= 15 is 0 Å². The molecule has 0 saturated heterocycles. The maximum absolute atomic E-state index is 11.0. The highest BCUT2D eigenvalue weighted by molar-refractivity contribution is 5.88. The van der Waals surface area contributed by atoms with E-state index in [9.17, 15) is 9.59 Å². The molecule has 1 aromatic carbocycles. The van der Waals surface area contributed by atoms with Crippen molar-refractivity contribution in [2.24, 2.45) is 0 Å². The van der Waals surface area contributed by atoms with E-state index < -0.39 is 5.97 Å². The molecule has 49 heavy (non-hydrogen) atoms. The zero-order valence-corrected chi connectivity index (χ0v) is 28.9. The van der Waals surface area contributed by atoms with Gasteiger partial charge in [-0.15, -0.1) is 0 Å². The molecule has 0 atom stereocenters. The fourth-order valence-electron chi connectivity index (χ4n) is 3.52. The van der Waals surface area contributed by atoms with Crippen LogP contribution in [-0.2, 0) is 61.7 Å². The molecule has 0 fully saturated rings. The second kappa shape index (κ2) is 35.3. The smallest absolute Gasteiger partial charge is 0.305 e. The van der Waals surface area contributed by atoms with E-state index in [1.54, 1.807) is 24.3 Å². The van der Waals surface area contributed by atoms with Crippen LogP contribution in [0.25, 0.3) is 0 Å². The van der Waals surface area contributed by atoms with Crippen molar-refractivity contribution in [2.75, 3.05) is 157 Å². The van der Waals surface area contributed by atoms with Gasteiger partial charge in [0.05, 0.1) is 152 Å². The van der Waals surface area contributed by atoms with Crippen molar-refractivity contribution in [3.8, 4) is 5.75 Å². The molecule has 0 bridgehead atoms. The Morgan fingerprint density at radius 1 is 0.449 bits per heavy atom. The van der Waals surface area contributed by atoms with Crippen molar-refractivity contribution in [3.05, 3.63) is 24.3 Å². The fourth-order valence-corrected chi connectivity index (χ4v) is 3.52. The van der Waals surface area contributed by atoms with E-state index in [2.05, 4.69) is 5.32 Å². The largest absolute Gasteiger partial charge is 0.491 e. The average molecular weight is 708 g/mol. The van der Waals surface area contributed by atoms with Gasteiger partial charge in [0.2, 0.25) is 5.91 Å². The van der Waals surface area contributed by atoms with Crippen LogP contribution in [0.5, 0.6) is 5.75 Å². The molecule has 0 spiro atoms. The maximum atomic E-state index is 11.0. The van der Waals surface area contributed by atoms with Gasteiger partial charge in [0.1, 0.15) is 12.4 Å². The van der Waals surface area contributed by atoms with Crippen molar-refractivity contribution in [1.82, 2.24) is 0 Å². The Morgan fingerprint density at radius 2 is 0.714 bits per heavy atom. The molecule has 284 valence electrons. The van der Waals surface area contributed by atoms with Crippen LogP contribution in [-0.4, -0.2) is 169 Å². The molecule has 0 unspecified atom stereocenters. The Kier molecular flexibility index (Phi) is 32.1. The zero-order valence-electron chi connectivity index (χ0n) is 28.9. The van der Waals surface area contributed by atoms with Gasteiger partial charge in [-0.05, 0) is 24.3 Å². The van der Waals surface area contributed by atoms with Crippen molar-refractivity contribution < 1.29 is 71.5 Å². The van der Waals surface area contributed by atoms with Gasteiger partial charge in [-0.1, -0.05) is 0 Å². The van der Waals surface area contributed by atoms with Crippen LogP contribution in [0, 0.1) is 0 Å². The topological polar surface area (TPSA) is 177 Å². The Hall–Kier alpha value is -2.48. The summed E-state index contributed by atoms with van der Waals surface area (Å²) in [5, 5.41) is 11.2. The molecule has 0 saturated carbocycles.